The summed E-state index contributed by atoms with van der Waals surface area (Å²) < 4.78 is 5.10. The number of fused-ring (bicyclic) bond motifs is 5. The Bertz CT molecular complexity index is 714. The minimum Gasteiger partial charge on any atom is -0.466 e. The Hall–Kier alpha value is -1.19. The first kappa shape index (κ1) is 22.0. The Balaban J connectivity index is 1.56. The molecular formula is C26H40O4. The molecule has 0 bridgehead atoms. The molecule has 4 fully saturated rings. The van der Waals surface area contributed by atoms with Gasteiger partial charge in [0.15, 0.2) is 0 Å². The summed E-state index contributed by atoms with van der Waals surface area (Å²) in [6, 6.07) is 0. The van der Waals surface area contributed by atoms with Crippen molar-refractivity contribution in [2.24, 2.45) is 46.3 Å². The molecule has 0 unspecified atom stereocenters. The molecule has 0 radical (unpaired) electrons. The van der Waals surface area contributed by atoms with Crippen LogP contribution in [-0.4, -0.2) is 24.1 Å². The van der Waals surface area contributed by atoms with E-state index in [4.69, 9.17) is 4.74 Å². The van der Waals surface area contributed by atoms with E-state index in [0.717, 1.165) is 32.1 Å². The van der Waals surface area contributed by atoms with E-state index in [0.29, 0.717) is 42.9 Å². The van der Waals surface area contributed by atoms with Gasteiger partial charge in [0, 0.05) is 30.6 Å². The van der Waals surface area contributed by atoms with Crippen molar-refractivity contribution < 1.29 is 19.1 Å². The van der Waals surface area contributed by atoms with Crippen LogP contribution in [0.25, 0.3) is 0 Å². The summed E-state index contributed by atoms with van der Waals surface area (Å²) >= 11 is 0. The van der Waals surface area contributed by atoms with Gasteiger partial charge in [-0.2, -0.15) is 0 Å². The molecule has 4 saturated carbocycles. The van der Waals surface area contributed by atoms with Gasteiger partial charge in [0.05, 0.1) is 6.61 Å². The molecule has 0 aromatic carbocycles. The Morgan fingerprint density at radius 3 is 2.60 bits per heavy atom. The quantitative estimate of drug-likeness (QED) is 0.565. The number of hydrogen-bond acceptors (Lipinski definition) is 4. The predicted octanol–water partition coefficient (Wildman–Crippen LogP) is 5.37. The van der Waals surface area contributed by atoms with Crippen LogP contribution in [0.2, 0.25) is 0 Å². The van der Waals surface area contributed by atoms with Crippen molar-refractivity contribution in [1.82, 2.24) is 0 Å². The predicted molar refractivity (Wildman–Crippen MR) is 116 cm³/mol. The monoisotopic (exact) mass is 416 g/mol. The van der Waals surface area contributed by atoms with E-state index < -0.39 is 5.41 Å². The van der Waals surface area contributed by atoms with Crippen molar-refractivity contribution in [2.45, 2.75) is 91.9 Å². The normalized spacial score (nSPS) is 44.1. The maximum absolute atomic E-state index is 13.7. The lowest BCUT2D eigenvalue weighted by Crippen LogP contribution is -2.59. The standard InChI is InChI=1S/C26H40O4/c1-5-30-23(29)12-9-16(2)18-10-11-19-24-20(15-22(28)26(18,19)4)25(3)13-7-6-8-17(25)14-21(24)27/h16-20,24H,5-15H2,1-4H3/t16-,17-,18-,19-,20-,24-,25+,26-/m1/s1. The third-order valence-corrected chi connectivity index (χ3v) is 10.1. The zero-order valence-electron chi connectivity index (χ0n) is 19.4. The van der Waals surface area contributed by atoms with Crippen molar-refractivity contribution >= 4 is 17.5 Å². The van der Waals surface area contributed by atoms with Gasteiger partial charge in [-0.1, -0.05) is 33.6 Å². The van der Waals surface area contributed by atoms with E-state index >= 15 is 0 Å². The molecule has 0 heterocycles. The number of Topliss-reactive ketones (excluding diaryl/α,β-unsaturated/α-hetero) is 2. The minimum absolute atomic E-state index is 0.0781. The molecule has 168 valence electrons. The maximum atomic E-state index is 13.7. The van der Waals surface area contributed by atoms with E-state index in [1.807, 2.05) is 6.92 Å². The smallest absolute Gasteiger partial charge is 0.305 e. The molecule has 0 spiro atoms. The lowest BCUT2D eigenvalue weighted by atomic mass is 9.44. The van der Waals surface area contributed by atoms with Crippen molar-refractivity contribution in [2.75, 3.05) is 6.61 Å². The number of rotatable bonds is 5. The van der Waals surface area contributed by atoms with Gasteiger partial charge < -0.3 is 4.74 Å². The second kappa shape index (κ2) is 8.06. The Morgan fingerprint density at radius 2 is 1.87 bits per heavy atom. The average molecular weight is 417 g/mol. The number of carbonyl (C=O) groups is 3. The molecule has 0 amide bonds. The molecule has 4 rings (SSSR count). The van der Waals surface area contributed by atoms with E-state index in [1.54, 1.807) is 0 Å². The average Bonchev–Trinajstić information content (AvgIpc) is 3.06. The van der Waals surface area contributed by atoms with Crippen molar-refractivity contribution in [3.05, 3.63) is 0 Å². The minimum atomic E-state index is -0.400. The fraction of sp³-hybridized carbons (Fsp3) is 0.885. The first-order chi connectivity index (χ1) is 14.2. The number of carbonyl (C=O) groups excluding carboxylic acids is 3. The van der Waals surface area contributed by atoms with E-state index in [1.165, 1.54) is 19.3 Å². The fourth-order valence-electron chi connectivity index (χ4n) is 8.41. The summed E-state index contributed by atoms with van der Waals surface area (Å²) in [6.45, 7) is 9.00. The van der Waals surface area contributed by atoms with Gasteiger partial charge in [0.2, 0.25) is 0 Å². The lowest BCUT2D eigenvalue weighted by Gasteiger charge is -2.59. The van der Waals surface area contributed by atoms with Crippen molar-refractivity contribution in [3.8, 4) is 0 Å². The van der Waals surface area contributed by atoms with E-state index in [9.17, 15) is 14.4 Å². The zero-order chi connectivity index (χ0) is 21.7. The highest BCUT2D eigenvalue weighted by molar-refractivity contribution is 5.92. The maximum Gasteiger partial charge on any atom is 0.305 e. The molecule has 4 heteroatoms. The van der Waals surface area contributed by atoms with Crippen LogP contribution in [0, 0.1) is 46.3 Å². The summed E-state index contributed by atoms with van der Waals surface area (Å²) in [5, 5.41) is 0. The van der Waals surface area contributed by atoms with Crippen LogP contribution < -0.4 is 0 Å². The third-order valence-electron chi connectivity index (χ3n) is 10.1. The Morgan fingerprint density at radius 1 is 1.10 bits per heavy atom. The van der Waals surface area contributed by atoms with E-state index in [2.05, 4.69) is 20.8 Å². The lowest BCUT2D eigenvalue weighted by molar-refractivity contribution is -0.165. The van der Waals surface area contributed by atoms with Gasteiger partial charge in [-0.25, -0.2) is 0 Å². The first-order valence-corrected chi connectivity index (χ1v) is 12.4. The van der Waals surface area contributed by atoms with Gasteiger partial charge in [-0.15, -0.1) is 0 Å². The molecular weight excluding hydrogens is 376 g/mol. The van der Waals surface area contributed by atoms with Crippen LogP contribution in [0.3, 0.4) is 0 Å². The van der Waals surface area contributed by atoms with Crippen molar-refractivity contribution in [1.29, 1.82) is 0 Å². The van der Waals surface area contributed by atoms with Crippen LogP contribution in [0.1, 0.15) is 91.9 Å². The molecule has 4 aliphatic carbocycles. The fourth-order valence-corrected chi connectivity index (χ4v) is 8.41. The van der Waals surface area contributed by atoms with Gasteiger partial charge in [0.1, 0.15) is 11.6 Å². The molecule has 4 aliphatic rings. The third kappa shape index (κ3) is 3.28. The summed E-state index contributed by atoms with van der Waals surface area (Å²) in [5.41, 5.74) is -0.232. The molecule has 30 heavy (non-hydrogen) atoms. The highest BCUT2D eigenvalue weighted by atomic mass is 16.5. The topological polar surface area (TPSA) is 60.4 Å². The molecule has 0 N–H and O–H groups in total. The highest BCUT2D eigenvalue weighted by Crippen LogP contribution is 2.66. The number of hydrogen-bond donors (Lipinski definition) is 0. The van der Waals surface area contributed by atoms with E-state index in [-0.39, 0.29) is 35.1 Å². The molecule has 0 aromatic heterocycles. The Labute approximate surface area is 181 Å². The number of esters is 1. The van der Waals surface area contributed by atoms with Gasteiger partial charge in [0.25, 0.3) is 0 Å². The van der Waals surface area contributed by atoms with Gasteiger partial charge in [-0.05, 0) is 74.0 Å². The first-order valence-electron chi connectivity index (χ1n) is 12.4. The highest BCUT2D eigenvalue weighted by Gasteiger charge is 2.65. The van der Waals surface area contributed by atoms with Crippen LogP contribution in [0.5, 0.6) is 0 Å². The number of ether oxygens (including phenoxy) is 1. The zero-order valence-corrected chi connectivity index (χ0v) is 19.4. The van der Waals surface area contributed by atoms with Crippen LogP contribution in [-0.2, 0) is 19.1 Å². The summed E-state index contributed by atoms with van der Waals surface area (Å²) in [7, 11) is 0. The summed E-state index contributed by atoms with van der Waals surface area (Å²) in [4.78, 5) is 39.0. The van der Waals surface area contributed by atoms with Gasteiger partial charge >= 0.3 is 5.97 Å². The second-order valence-electron chi connectivity index (χ2n) is 11.3. The summed E-state index contributed by atoms with van der Waals surface area (Å²) in [5.74, 6) is 2.29. The summed E-state index contributed by atoms with van der Waals surface area (Å²) in [6.07, 6.45) is 9.34. The van der Waals surface area contributed by atoms with Crippen LogP contribution >= 0.6 is 0 Å². The van der Waals surface area contributed by atoms with Gasteiger partial charge in [-0.3, -0.25) is 14.4 Å². The van der Waals surface area contributed by atoms with Crippen LogP contribution in [0.4, 0.5) is 0 Å². The molecule has 0 aliphatic heterocycles. The van der Waals surface area contributed by atoms with Crippen LogP contribution in [0.15, 0.2) is 0 Å². The van der Waals surface area contributed by atoms with Crippen molar-refractivity contribution in [3.63, 3.8) is 0 Å². The Kier molecular flexibility index (Phi) is 5.91. The molecule has 0 aromatic rings. The molecule has 4 nitrogen and oxygen atoms in total. The molecule has 8 atom stereocenters. The second-order valence-corrected chi connectivity index (χ2v) is 11.3. The SMILES string of the molecule is CCOC(=O)CC[C@@H](C)[C@H]1CC[C@@H]2[C@H]3C(=O)C[C@H]4CCCC[C@]4(C)[C@@H]3CC(=O)[C@@]21C. The molecule has 0 saturated heterocycles. The largest absolute Gasteiger partial charge is 0.466 e. The number of ketones is 2.